The highest BCUT2D eigenvalue weighted by molar-refractivity contribution is 9.10. The van der Waals surface area contributed by atoms with Gasteiger partial charge in [-0.05, 0) is 50.1 Å². The van der Waals surface area contributed by atoms with E-state index < -0.39 is 0 Å². The fraction of sp³-hybridized carbons (Fsp3) is 0.538. The van der Waals surface area contributed by atoms with Crippen molar-refractivity contribution in [3.05, 3.63) is 28.7 Å². The van der Waals surface area contributed by atoms with Crippen molar-refractivity contribution >= 4 is 15.9 Å². The van der Waals surface area contributed by atoms with Crippen molar-refractivity contribution in [3.8, 4) is 5.75 Å². The number of ether oxygens (including phenoxy) is 1. The Morgan fingerprint density at radius 3 is 2.75 bits per heavy atom. The Balaban J connectivity index is 1.69. The minimum absolute atomic E-state index is 0.657. The first-order chi connectivity index (χ1) is 7.84. The maximum atomic E-state index is 5.70. The summed E-state index contributed by atoms with van der Waals surface area (Å²) < 4.78 is 6.79. The largest absolute Gasteiger partial charge is 0.494 e. The van der Waals surface area contributed by atoms with E-state index in [1.807, 2.05) is 24.3 Å². The van der Waals surface area contributed by atoms with Gasteiger partial charge in [0.1, 0.15) is 5.75 Å². The standard InChI is InChI=1S/C13H18BrNO/c14-11-4-6-13(7-5-11)16-10-8-12-3-1-2-9-15-12/h4-7,12,15H,1-3,8-10H2/t12-/m1/s1. The first-order valence-corrected chi connectivity index (χ1v) is 6.75. The molecule has 1 N–H and O–H groups in total. The molecule has 1 aliphatic rings. The molecule has 2 rings (SSSR count). The molecule has 88 valence electrons. The zero-order chi connectivity index (χ0) is 11.2. The summed E-state index contributed by atoms with van der Waals surface area (Å²) in [5.74, 6) is 0.957. The van der Waals surface area contributed by atoms with Crippen LogP contribution >= 0.6 is 15.9 Å². The minimum atomic E-state index is 0.657. The Kier molecular flexibility index (Phi) is 4.67. The highest BCUT2D eigenvalue weighted by Crippen LogP contribution is 2.17. The fourth-order valence-corrected chi connectivity index (χ4v) is 2.28. The van der Waals surface area contributed by atoms with Crippen LogP contribution in [0.4, 0.5) is 0 Å². The molecule has 1 atom stereocenters. The van der Waals surface area contributed by atoms with Gasteiger partial charge in [-0.25, -0.2) is 0 Å². The Hall–Kier alpha value is -0.540. The predicted octanol–water partition coefficient (Wildman–Crippen LogP) is 3.36. The molecule has 0 spiro atoms. The maximum absolute atomic E-state index is 5.70. The average molecular weight is 284 g/mol. The highest BCUT2D eigenvalue weighted by Gasteiger charge is 2.11. The van der Waals surface area contributed by atoms with Gasteiger partial charge in [-0.15, -0.1) is 0 Å². The third-order valence-electron chi connectivity index (χ3n) is 2.96. The summed E-state index contributed by atoms with van der Waals surface area (Å²) in [5.41, 5.74) is 0. The smallest absolute Gasteiger partial charge is 0.119 e. The number of nitrogens with one attached hydrogen (secondary N) is 1. The average Bonchev–Trinajstić information content (AvgIpc) is 2.33. The van der Waals surface area contributed by atoms with Crippen molar-refractivity contribution in [2.24, 2.45) is 0 Å². The second-order valence-corrected chi connectivity index (χ2v) is 5.15. The number of rotatable bonds is 4. The van der Waals surface area contributed by atoms with Crippen molar-refractivity contribution in [1.82, 2.24) is 5.32 Å². The monoisotopic (exact) mass is 283 g/mol. The molecule has 0 unspecified atom stereocenters. The van der Waals surface area contributed by atoms with Gasteiger partial charge in [0, 0.05) is 10.5 Å². The van der Waals surface area contributed by atoms with E-state index in [4.69, 9.17) is 4.74 Å². The third kappa shape index (κ3) is 3.80. The molecule has 0 aliphatic carbocycles. The molecule has 0 saturated carbocycles. The maximum Gasteiger partial charge on any atom is 0.119 e. The molecule has 0 amide bonds. The van der Waals surface area contributed by atoms with E-state index in [2.05, 4.69) is 21.2 Å². The molecule has 2 nitrogen and oxygen atoms in total. The molecule has 3 heteroatoms. The van der Waals surface area contributed by atoms with Crippen LogP contribution < -0.4 is 10.1 Å². The molecule has 1 aromatic rings. The molecule has 0 bridgehead atoms. The Morgan fingerprint density at radius 2 is 2.06 bits per heavy atom. The Bertz CT molecular complexity index is 306. The normalized spacial score (nSPS) is 20.7. The summed E-state index contributed by atoms with van der Waals surface area (Å²) in [6, 6.07) is 8.67. The van der Waals surface area contributed by atoms with Gasteiger partial charge >= 0.3 is 0 Å². The lowest BCUT2D eigenvalue weighted by atomic mass is 10.0. The number of hydrogen-bond acceptors (Lipinski definition) is 2. The van der Waals surface area contributed by atoms with E-state index >= 15 is 0 Å². The second kappa shape index (κ2) is 6.26. The lowest BCUT2D eigenvalue weighted by Crippen LogP contribution is -2.35. The summed E-state index contributed by atoms with van der Waals surface area (Å²) >= 11 is 3.41. The predicted molar refractivity (Wildman–Crippen MR) is 69.9 cm³/mol. The quantitative estimate of drug-likeness (QED) is 0.915. The SMILES string of the molecule is Brc1ccc(OCC[C@H]2CCCCN2)cc1. The lowest BCUT2D eigenvalue weighted by Gasteiger charge is -2.23. The number of hydrogen-bond donors (Lipinski definition) is 1. The van der Waals surface area contributed by atoms with Crippen LogP contribution in [0.3, 0.4) is 0 Å². The number of piperidine rings is 1. The van der Waals surface area contributed by atoms with Gasteiger partial charge in [0.2, 0.25) is 0 Å². The molecule has 1 aliphatic heterocycles. The molecule has 1 aromatic carbocycles. The van der Waals surface area contributed by atoms with Crippen LogP contribution in [-0.2, 0) is 0 Å². The lowest BCUT2D eigenvalue weighted by molar-refractivity contribution is 0.268. The van der Waals surface area contributed by atoms with Crippen LogP contribution in [0, 0.1) is 0 Å². The van der Waals surface area contributed by atoms with E-state index in [-0.39, 0.29) is 0 Å². The molecular formula is C13H18BrNO. The summed E-state index contributed by atoms with van der Waals surface area (Å²) in [4.78, 5) is 0. The van der Waals surface area contributed by atoms with Gasteiger partial charge in [-0.3, -0.25) is 0 Å². The Labute approximate surface area is 106 Å². The molecule has 1 heterocycles. The Morgan fingerprint density at radius 1 is 1.25 bits per heavy atom. The molecule has 1 saturated heterocycles. The minimum Gasteiger partial charge on any atom is -0.494 e. The van der Waals surface area contributed by atoms with E-state index in [0.717, 1.165) is 23.2 Å². The van der Waals surface area contributed by atoms with Gasteiger partial charge in [0.25, 0.3) is 0 Å². The molecule has 16 heavy (non-hydrogen) atoms. The zero-order valence-corrected chi connectivity index (χ0v) is 11.0. The van der Waals surface area contributed by atoms with Crippen LogP contribution in [0.15, 0.2) is 28.7 Å². The van der Waals surface area contributed by atoms with Crippen molar-refractivity contribution in [3.63, 3.8) is 0 Å². The first-order valence-electron chi connectivity index (χ1n) is 5.96. The third-order valence-corrected chi connectivity index (χ3v) is 3.49. The molecular weight excluding hydrogens is 266 g/mol. The number of halogens is 1. The number of benzene rings is 1. The van der Waals surface area contributed by atoms with Gasteiger partial charge < -0.3 is 10.1 Å². The summed E-state index contributed by atoms with van der Waals surface area (Å²) in [5, 5.41) is 3.53. The van der Waals surface area contributed by atoms with E-state index in [1.165, 1.54) is 25.8 Å². The van der Waals surface area contributed by atoms with Crippen molar-refractivity contribution < 1.29 is 4.74 Å². The van der Waals surface area contributed by atoms with Crippen LogP contribution in [0.2, 0.25) is 0 Å². The van der Waals surface area contributed by atoms with Gasteiger partial charge in [-0.1, -0.05) is 22.4 Å². The second-order valence-electron chi connectivity index (χ2n) is 4.24. The first kappa shape index (κ1) is 11.9. The van der Waals surface area contributed by atoms with E-state index in [0.29, 0.717) is 6.04 Å². The van der Waals surface area contributed by atoms with Gasteiger partial charge in [-0.2, -0.15) is 0 Å². The highest BCUT2D eigenvalue weighted by atomic mass is 79.9. The van der Waals surface area contributed by atoms with Gasteiger partial charge in [0.05, 0.1) is 6.61 Å². The summed E-state index contributed by atoms with van der Waals surface area (Å²) in [6.07, 6.45) is 5.08. The van der Waals surface area contributed by atoms with Crippen LogP contribution in [0.5, 0.6) is 5.75 Å². The van der Waals surface area contributed by atoms with Crippen molar-refractivity contribution in [2.75, 3.05) is 13.2 Å². The summed E-state index contributed by atoms with van der Waals surface area (Å²) in [6.45, 7) is 1.97. The van der Waals surface area contributed by atoms with Gasteiger partial charge in [0.15, 0.2) is 0 Å². The molecule has 0 aromatic heterocycles. The molecule has 1 fully saturated rings. The summed E-state index contributed by atoms with van der Waals surface area (Å²) in [7, 11) is 0. The van der Waals surface area contributed by atoms with Crippen LogP contribution in [-0.4, -0.2) is 19.2 Å². The fourth-order valence-electron chi connectivity index (χ4n) is 2.02. The topological polar surface area (TPSA) is 21.3 Å². The van der Waals surface area contributed by atoms with E-state index in [9.17, 15) is 0 Å². The molecule has 0 radical (unpaired) electrons. The van der Waals surface area contributed by atoms with Crippen molar-refractivity contribution in [1.29, 1.82) is 0 Å². The van der Waals surface area contributed by atoms with E-state index in [1.54, 1.807) is 0 Å². The van der Waals surface area contributed by atoms with Crippen molar-refractivity contribution in [2.45, 2.75) is 31.7 Å². The van der Waals surface area contributed by atoms with Crippen LogP contribution in [0.1, 0.15) is 25.7 Å². The van der Waals surface area contributed by atoms with Crippen LogP contribution in [0.25, 0.3) is 0 Å². The zero-order valence-electron chi connectivity index (χ0n) is 9.42.